The molecule has 2 aromatic heterocycles. The average molecular weight is 332 g/mol. The van der Waals surface area contributed by atoms with Gasteiger partial charge in [0.25, 0.3) is 0 Å². The number of ether oxygens (including phenoxy) is 1. The topological polar surface area (TPSA) is 26.3 Å². The molecule has 22 heavy (non-hydrogen) atoms. The minimum Gasteiger partial charge on any atom is -0.376 e. The molecule has 0 fully saturated rings. The number of hydrogen-bond donors (Lipinski definition) is 0. The molecule has 4 heteroatoms. The molecule has 0 spiro atoms. The lowest BCUT2D eigenvalue weighted by molar-refractivity contribution is -0.114. The molecule has 2 nitrogen and oxygen atoms in total. The lowest BCUT2D eigenvalue weighted by Crippen LogP contribution is -2.09. The first-order valence-corrected chi connectivity index (χ1v) is 9.00. The predicted octanol–water partition coefficient (Wildman–Crippen LogP) is 4.94. The Kier molecular flexibility index (Phi) is 4.10. The van der Waals surface area contributed by atoms with Crippen molar-refractivity contribution < 1.29 is 9.53 Å². The van der Waals surface area contributed by atoms with E-state index < -0.39 is 0 Å². The van der Waals surface area contributed by atoms with Gasteiger partial charge in [0.05, 0.1) is 6.10 Å². The zero-order valence-corrected chi connectivity index (χ0v) is 15.2. The van der Waals surface area contributed by atoms with Crippen molar-refractivity contribution >= 4 is 39.6 Å². The predicted molar refractivity (Wildman–Crippen MR) is 94.8 cm³/mol. The molecule has 0 aliphatic heterocycles. The highest BCUT2D eigenvalue weighted by molar-refractivity contribution is 7.12. The Morgan fingerprint density at radius 2 is 1.55 bits per heavy atom. The van der Waals surface area contributed by atoms with Crippen LogP contribution in [0.1, 0.15) is 37.1 Å². The van der Waals surface area contributed by atoms with Gasteiger partial charge in [0, 0.05) is 44.2 Å². The van der Waals surface area contributed by atoms with Crippen molar-refractivity contribution in [1.29, 1.82) is 0 Å². The van der Waals surface area contributed by atoms with E-state index in [0.717, 1.165) is 16.7 Å². The van der Waals surface area contributed by atoms with E-state index in [9.17, 15) is 4.79 Å². The van der Waals surface area contributed by atoms with Gasteiger partial charge in [0.15, 0.2) is 5.78 Å². The first kappa shape index (κ1) is 15.7. The van der Waals surface area contributed by atoms with Crippen molar-refractivity contribution in [3.63, 3.8) is 0 Å². The van der Waals surface area contributed by atoms with Gasteiger partial charge < -0.3 is 4.74 Å². The fourth-order valence-electron chi connectivity index (χ4n) is 3.27. The fourth-order valence-corrected chi connectivity index (χ4v) is 5.13. The summed E-state index contributed by atoms with van der Waals surface area (Å²) in [5.74, 6) is 0.200. The van der Waals surface area contributed by atoms with Crippen LogP contribution in [0.5, 0.6) is 0 Å². The Hall–Kier alpha value is -1.23. The van der Waals surface area contributed by atoms with Gasteiger partial charge in [-0.15, -0.1) is 22.7 Å². The van der Waals surface area contributed by atoms with Gasteiger partial charge in [-0.25, -0.2) is 0 Å². The second-order valence-electron chi connectivity index (χ2n) is 5.79. The van der Waals surface area contributed by atoms with Crippen LogP contribution in [0.4, 0.5) is 0 Å². The third kappa shape index (κ3) is 2.49. The van der Waals surface area contributed by atoms with Crippen molar-refractivity contribution in [3.05, 3.63) is 42.8 Å². The van der Waals surface area contributed by atoms with Crippen LogP contribution in [0.25, 0.3) is 11.1 Å². The van der Waals surface area contributed by atoms with E-state index >= 15 is 0 Å². The largest absolute Gasteiger partial charge is 0.376 e. The van der Waals surface area contributed by atoms with Gasteiger partial charge in [-0.3, -0.25) is 4.79 Å². The summed E-state index contributed by atoms with van der Waals surface area (Å²) in [4.78, 5) is 17.7. The summed E-state index contributed by atoms with van der Waals surface area (Å²) in [6, 6.07) is 4.33. The first-order chi connectivity index (χ1) is 10.4. The van der Waals surface area contributed by atoms with E-state index in [1.54, 1.807) is 29.8 Å². The van der Waals surface area contributed by atoms with Crippen molar-refractivity contribution in [1.82, 2.24) is 0 Å². The van der Waals surface area contributed by atoms with Gasteiger partial charge >= 0.3 is 0 Å². The summed E-state index contributed by atoms with van der Waals surface area (Å²) in [7, 11) is 1.70. The molecule has 116 valence electrons. The Bertz CT molecular complexity index is 777. The molecule has 0 N–H and O–H groups in total. The standard InChI is InChI=1S/C18H20O2S2/c1-9-6-13(11(3)21-9)17-15(19)8-16(20-5)18(17)14-7-10(2)22-12(14)4/h6-7,16H,8H2,1-5H3. The molecule has 0 radical (unpaired) electrons. The second-order valence-corrected chi connectivity index (χ2v) is 8.72. The summed E-state index contributed by atoms with van der Waals surface area (Å²) in [5.41, 5.74) is 4.22. The quantitative estimate of drug-likeness (QED) is 0.795. The molecule has 1 aliphatic carbocycles. The zero-order valence-electron chi connectivity index (χ0n) is 13.6. The Morgan fingerprint density at radius 1 is 1.00 bits per heavy atom. The van der Waals surface area contributed by atoms with Crippen LogP contribution in [-0.2, 0) is 9.53 Å². The molecule has 0 saturated carbocycles. The molecule has 1 atom stereocenters. The number of ketones is 1. The number of carbonyl (C=O) groups is 1. The molecule has 0 amide bonds. The molecular weight excluding hydrogens is 312 g/mol. The Labute approximate surface area is 139 Å². The number of rotatable bonds is 3. The Morgan fingerprint density at radius 3 is 2.00 bits per heavy atom. The van der Waals surface area contributed by atoms with E-state index in [1.165, 1.54) is 25.1 Å². The van der Waals surface area contributed by atoms with E-state index in [2.05, 4.69) is 39.8 Å². The number of methoxy groups -OCH3 is 1. The maximum Gasteiger partial charge on any atom is 0.166 e. The maximum absolute atomic E-state index is 12.7. The summed E-state index contributed by atoms with van der Waals surface area (Å²) in [5, 5.41) is 0. The van der Waals surface area contributed by atoms with Gasteiger partial charge in [0.2, 0.25) is 0 Å². The fraction of sp³-hybridized carbons (Fsp3) is 0.389. The van der Waals surface area contributed by atoms with Crippen molar-refractivity contribution in [2.75, 3.05) is 7.11 Å². The monoisotopic (exact) mass is 332 g/mol. The van der Waals surface area contributed by atoms with Crippen LogP contribution in [0.15, 0.2) is 12.1 Å². The van der Waals surface area contributed by atoms with Gasteiger partial charge in [-0.2, -0.15) is 0 Å². The van der Waals surface area contributed by atoms with Crippen LogP contribution in [0.3, 0.4) is 0 Å². The lowest BCUT2D eigenvalue weighted by Gasteiger charge is -2.13. The highest BCUT2D eigenvalue weighted by atomic mass is 32.1. The number of Topliss-reactive ketones (excluding diaryl/α,β-unsaturated/α-hetero) is 1. The van der Waals surface area contributed by atoms with Crippen LogP contribution in [-0.4, -0.2) is 19.0 Å². The molecule has 1 unspecified atom stereocenters. The maximum atomic E-state index is 12.7. The molecule has 1 aliphatic rings. The summed E-state index contributed by atoms with van der Waals surface area (Å²) >= 11 is 3.53. The summed E-state index contributed by atoms with van der Waals surface area (Å²) in [6.07, 6.45) is 0.318. The molecule has 2 heterocycles. The average Bonchev–Trinajstić information content (AvgIpc) is 3.05. The third-order valence-electron chi connectivity index (χ3n) is 4.17. The lowest BCUT2D eigenvalue weighted by atomic mass is 9.96. The first-order valence-electron chi connectivity index (χ1n) is 7.37. The summed E-state index contributed by atoms with van der Waals surface area (Å²) in [6.45, 7) is 8.42. The SMILES string of the molecule is COC1CC(=O)C(c2cc(C)sc2C)=C1c1cc(C)sc1C. The normalized spacial score (nSPS) is 18.6. The van der Waals surface area contributed by atoms with Gasteiger partial charge in [-0.1, -0.05) is 0 Å². The van der Waals surface area contributed by atoms with E-state index in [-0.39, 0.29) is 11.9 Å². The minimum absolute atomic E-state index is 0.130. The molecule has 0 aromatic carbocycles. The molecule has 2 aromatic rings. The van der Waals surface area contributed by atoms with Crippen LogP contribution < -0.4 is 0 Å². The smallest absolute Gasteiger partial charge is 0.166 e. The molecule has 3 rings (SSSR count). The third-order valence-corrected chi connectivity index (χ3v) is 6.10. The number of allylic oxidation sites excluding steroid dienone is 1. The van der Waals surface area contributed by atoms with E-state index in [1.807, 2.05) is 0 Å². The van der Waals surface area contributed by atoms with Crippen LogP contribution >= 0.6 is 22.7 Å². The molecule has 0 bridgehead atoms. The minimum atomic E-state index is -0.130. The van der Waals surface area contributed by atoms with Gasteiger partial charge in [0.1, 0.15) is 0 Å². The highest BCUT2D eigenvalue weighted by Gasteiger charge is 2.36. The van der Waals surface area contributed by atoms with Crippen LogP contribution in [0.2, 0.25) is 0 Å². The van der Waals surface area contributed by atoms with Gasteiger partial charge in [-0.05, 0) is 51.0 Å². The number of carbonyl (C=O) groups excluding carboxylic acids is 1. The zero-order chi connectivity index (χ0) is 16.0. The van der Waals surface area contributed by atoms with Crippen LogP contribution in [0, 0.1) is 27.7 Å². The molecule has 0 saturated heterocycles. The Balaban J connectivity index is 2.28. The van der Waals surface area contributed by atoms with E-state index in [4.69, 9.17) is 4.74 Å². The van der Waals surface area contributed by atoms with Crippen molar-refractivity contribution in [2.45, 2.75) is 40.2 Å². The summed E-state index contributed by atoms with van der Waals surface area (Å²) < 4.78 is 5.64. The van der Waals surface area contributed by atoms with E-state index in [0.29, 0.717) is 6.42 Å². The number of hydrogen-bond acceptors (Lipinski definition) is 4. The molecular formula is C18H20O2S2. The highest BCUT2D eigenvalue weighted by Crippen LogP contribution is 2.44. The second kappa shape index (κ2) is 5.76. The van der Waals surface area contributed by atoms with Crippen molar-refractivity contribution in [2.24, 2.45) is 0 Å². The van der Waals surface area contributed by atoms with Crippen molar-refractivity contribution in [3.8, 4) is 0 Å². The number of aryl methyl sites for hydroxylation is 4. The number of thiophene rings is 2.